The van der Waals surface area contributed by atoms with Crippen molar-refractivity contribution in [3.8, 4) is 5.75 Å². The maximum Gasteiger partial charge on any atom is 0.241 e. The van der Waals surface area contributed by atoms with Gasteiger partial charge in [-0.05, 0) is 44.0 Å². The smallest absolute Gasteiger partial charge is 0.241 e. The maximum absolute atomic E-state index is 12.7. The highest BCUT2D eigenvalue weighted by atomic mass is 32.2. The van der Waals surface area contributed by atoms with Crippen LogP contribution in [0, 0.1) is 5.92 Å². The van der Waals surface area contributed by atoms with Crippen LogP contribution < -0.4 is 14.8 Å². The first kappa shape index (κ1) is 16.2. The van der Waals surface area contributed by atoms with Crippen LogP contribution in [0.4, 0.5) is 0 Å². The SMILES string of the molecule is COc1ccc(S(=O)(=O)NCC2CCCNC2)c2ccccc12. The number of hydrogen-bond donors (Lipinski definition) is 2. The van der Waals surface area contributed by atoms with Crippen molar-refractivity contribution in [1.29, 1.82) is 0 Å². The van der Waals surface area contributed by atoms with Crippen molar-refractivity contribution >= 4 is 20.8 Å². The van der Waals surface area contributed by atoms with Crippen LogP contribution in [0.15, 0.2) is 41.3 Å². The zero-order chi connectivity index (χ0) is 16.3. The topological polar surface area (TPSA) is 67.4 Å². The molecule has 3 rings (SSSR count). The summed E-state index contributed by atoms with van der Waals surface area (Å²) >= 11 is 0. The van der Waals surface area contributed by atoms with E-state index in [1.165, 1.54) is 0 Å². The molecule has 1 heterocycles. The monoisotopic (exact) mass is 334 g/mol. The van der Waals surface area contributed by atoms with E-state index in [-0.39, 0.29) is 0 Å². The Kier molecular flexibility index (Phi) is 4.84. The minimum Gasteiger partial charge on any atom is -0.496 e. The van der Waals surface area contributed by atoms with Crippen LogP contribution in [0.3, 0.4) is 0 Å². The molecule has 1 atom stereocenters. The fraction of sp³-hybridized carbons (Fsp3) is 0.412. The predicted octanol–water partition coefficient (Wildman–Crippen LogP) is 2.13. The molecule has 1 unspecified atom stereocenters. The van der Waals surface area contributed by atoms with E-state index in [4.69, 9.17) is 4.74 Å². The fourth-order valence-corrected chi connectivity index (χ4v) is 4.38. The van der Waals surface area contributed by atoms with Crippen LogP contribution in [-0.4, -0.2) is 35.2 Å². The molecule has 1 aliphatic rings. The van der Waals surface area contributed by atoms with Gasteiger partial charge < -0.3 is 10.1 Å². The second-order valence-corrected chi connectivity index (χ2v) is 7.61. The summed E-state index contributed by atoms with van der Waals surface area (Å²) in [6.45, 7) is 2.36. The van der Waals surface area contributed by atoms with Crippen molar-refractivity contribution in [2.45, 2.75) is 17.7 Å². The van der Waals surface area contributed by atoms with E-state index in [9.17, 15) is 8.42 Å². The number of rotatable bonds is 5. The normalized spacial score (nSPS) is 18.9. The van der Waals surface area contributed by atoms with E-state index in [0.717, 1.165) is 31.3 Å². The van der Waals surface area contributed by atoms with Crippen molar-refractivity contribution in [3.05, 3.63) is 36.4 Å². The average molecular weight is 334 g/mol. The predicted molar refractivity (Wildman–Crippen MR) is 91.3 cm³/mol. The minimum atomic E-state index is -3.54. The van der Waals surface area contributed by atoms with Crippen molar-refractivity contribution in [1.82, 2.24) is 10.0 Å². The van der Waals surface area contributed by atoms with Crippen LogP contribution in [0.2, 0.25) is 0 Å². The van der Waals surface area contributed by atoms with Gasteiger partial charge >= 0.3 is 0 Å². The number of fused-ring (bicyclic) bond motifs is 1. The van der Waals surface area contributed by atoms with E-state index in [0.29, 0.717) is 28.5 Å². The Morgan fingerprint density at radius 1 is 1.22 bits per heavy atom. The Bertz CT molecular complexity index is 784. The quantitative estimate of drug-likeness (QED) is 0.879. The first-order chi connectivity index (χ1) is 11.1. The third-order valence-corrected chi connectivity index (χ3v) is 5.80. The lowest BCUT2D eigenvalue weighted by Crippen LogP contribution is -2.38. The summed E-state index contributed by atoms with van der Waals surface area (Å²) in [6.07, 6.45) is 2.15. The summed E-state index contributed by atoms with van der Waals surface area (Å²) in [5.74, 6) is 1.03. The van der Waals surface area contributed by atoms with Gasteiger partial charge in [0.2, 0.25) is 10.0 Å². The molecule has 2 N–H and O–H groups in total. The summed E-state index contributed by atoms with van der Waals surface area (Å²) in [7, 11) is -1.96. The Labute approximate surface area is 137 Å². The number of piperidine rings is 1. The molecule has 0 saturated carbocycles. The van der Waals surface area contributed by atoms with Gasteiger partial charge in [-0.2, -0.15) is 0 Å². The van der Waals surface area contributed by atoms with E-state index in [1.54, 1.807) is 19.2 Å². The highest BCUT2D eigenvalue weighted by Gasteiger charge is 2.21. The number of methoxy groups -OCH3 is 1. The third-order valence-electron chi connectivity index (χ3n) is 4.31. The molecule has 0 bridgehead atoms. The van der Waals surface area contributed by atoms with E-state index < -0.39 is 10.0 Å². The van der Waals surface area contributed by atoms with Gasteiger partial charge in [-0.25, -0.2) is 13.1 Å². The van der Waals surface area contributed by atoms with E-state index in [1.807, 2.05) is 24.3 Å². The molecule has 0 aliphatic carbocycles. The van der Waals surface area contributed by atoms with Crippen molar-refractivity contribution in [2.24, 2.45) is 5.92 Å². The zero-order valence-electron chi connectivity index (χ0n) is 13.2. The summed E-state index contributed by atoms with van der Waals surface area (Å²) in [5, 5.41) is 4.79. The molecular weight excluding hydrogens is 312 g/mol. The van der Waals surface area contributed by atoms with Gasteiger partial charge in [-0.1, -0.05) is 24.3 Å². The second kappa shape index (κ2) is 6.86. The fourth-order valence-electron chi connectivity index (χ4n) is 3.06. The summed E-state index contributed by atoms with van der Waals surface area (Å²) in [4.78, 5) is 0.303. The van der Waals surface area contributed by atoms with E-state index in [2.05, 4.69) is 10.0 Å². The Morgan fingerprint density at radius 2 is 2.00 bits per heavy atom. The number of benzene rings is 2. The van der Waals surface area contributed by atoms with Gasteiger partial charge in [0, 0.05) is 17.3 Å². The minimum absolute atomic E-state index is 0.303. The summed E-state index contributed by atoms with van der Waals surface area (Å²) in [6, 6.07) is 10.7. The Morgan fingerprint density at radius 3 is 2.70 bits per heavy atom. The Balaban J connectivity index is 1.89. The van der Waals surface area contributed by atoms with E-state index >= 15 is 0 Å². The number of sulfonamides is 1. The maximum atomic E-state index is 12.7. The molecule has 0 amide bonds. The van der Waals surface area contributed by atoms with Gasteiger partial charge in [0.1, 0.15) is 5.75 Å². The van der Waals surface area contributed by atoms with Crippen LogP contribution in [0.1, 0.15) is 12.8 Å². The van der Waals surface area contributed by atoms with Gasteiger partial charge in [0.05, 0.1) is 12.0 Å². The summed E-state index contributed by atoms with van der Waals surface area (Å²) < 4.78 is 33.5. The second-order valence-electron chi connectivity index (χ2n) is 5.88. The lowest BCUT2D eigenvalue weighted by molar-refractivity contribution is 0.376. The largest absolute Gasteiger partial charge is 0.496 e. The van der Waals surface area contributed by atoms with Crippen molar-refractivity contribution in [3.63, 3.8) is 0 Å². The first-order valence-electron chi connectivity index (χ1n) is 7.88. The molecule has 0 aromatic heterocycles. The third kappa shape index (κ3) is 3.49. The molecule has 1 aliphatic heterocycles. The zero-order valence-corrected chi connectivity index (χ0v) is 14.0. The van der Waals surface area contributed by atoms with Crippen LogP contribution >= 0.6 is 0 Å². The van der Waals surface area contributed by atoms with Crippen LogP contribution in [0.5, 0.6) is 5.75 Å². The van der Waals surface area contributed by atoms with Gasteiger partial charge in [0.25, 0.3) is 0 Å². The van der Waals surface area contributed by atoms with Gasteiger partial charge in [-0.3, -0.25) is 0 Å². The molecule has 2 aromatic rings. The number of ether oxygens (including phenoxy) is 1. The van der Waals surface area contributed by atoms with Crippen molar-refractivity contribution < 1.29 is 13.2 Å². The van der Waals surface area contributed by atoms with Crippen LogP contribution in [-0.2, 0) is 10.0 Å². The first-order valence-corrected chi connectivity index (χ1v) is 9.36. The number of nitrogens with one attached hydrogen (secondary N) is 2. The molecule has 23 heavy (non-hydrogen) atoms. The Hall–Kier alpha value is -1.63. The lowest BCUT2D eigenvalue weighted by atomic mass is 10.0. The molecule has 5 nitrogen and oxygen atoms in total. The summed E-state index contributed by atoms with van der Waals surface area (Å²) in [5.41, 5.74) is 0. The van der Waals surface area contributed by atoms with Crippen molar-refractivity contribution in [2.75, 3.05) is 26.7 Å². The highest BCUT2D eigenvalue weighted by Crippen LogP contribution is 2.30. The number of hydrogen-bond acceptors (Lipinski definition) is 4. The molecule has 0 radical (unpaired) electrons. The molecule has 1 saturated heterocycles. The van der Waals surface area contributed by atoms with Gasteiger partial charge in [0.15, 0.2) is 0 Å². The molecule has 2 aromatic carbocycles. The molecule has 0 spiro atoms. The molecule has 1 fully saturated rings. The standard InChI is InChI=1S/C17H22N2O3S/c1-22-16-8-9-17(15-7-3-2-6-14(15)16)23(20,21)19-12-13-5-4-10-18-11-13/h2-3,6-9,13,18-19H,4-5,10-12H2,1H3. The molecular formula is C17H22N2O3S. The average Bonchev–Trinajstić information content (AvgIpc) is 2.60. The van der Waals surface area contributed by atoms with Gasteiger partial charge in [-0.15, -0.1) is 0 Å². The van der Waals surface area contributed by atoms with Crippen LogP contribution in [0.25, 0.3) is 10.8 Å². The molecule has 6 heteroatoms. The highest BCUT2D eigenvalue weighted by molar-refractivity contribution is 7.89. The lowest BCUT2D eigenvalue weighted by Gasteiger charge is -2.23. The molecule has 124 valence electrons.